The van der Waals surface area contributed by atoms with Crippen LogP contribution in [-0.4, -0.2) is 37.2 Å². The van der Waals surface area contributed by atoms with Crippen molar-refractivity contribution in [1.82, 2.24) is 0 Å². The second kappa shape index (κ2) is 52.0. The lowest BCUT2D eigenvalue weighted by atomic mass is 10.0. The molecule has 0 unspecified atom stereocenters. The van der Waals surface area contributed by atoms with Crippen molar-refractivity contribution in [3.63, 3.8) is 0 Å². The number of allylic oxidation sites excluding steroid dienone is 8. The van der Waals surface area contributed by atoms with E-state index in [1.165, 1.54) is 135 Å². The lowest BCUT2D eigenvalue weighted by Crippen LogP contribution is -2.30. The summed E-state index contributed by atoms with van der Waals surface area (Å²) in [6.45, 7) is 6.51. The predicted molar refractivity (Wildman–Crippen MR) is 270 cm³/mol. The van der Waals surface area contributed by atoms with Crippen LogP contribution in [0.2, 0.25) is 0 Å². The molecule has 0 fully saturated rings. The van der Waals surface area contributed by atoms with Gasteiger partial charge >= 0.3 is 17.9 Å². The molecule has 366 valence electrons. The first kappa shape index (κ1) is 60.4. The Hall–Kier alpha value is -2.63. The van der Waals surface area contributed by atoms with Gasteiger partial charge in [0.15, 0.2) is 6.10 Å². The van der Waals surface area contributed by atoms with Gasteiger partial charge in [-0.1, -0.05) is 230 Å². The van der Waals surface area contributed by atoms with Crippen LogP contribution in [-0.2, 0) is 28.6 Å². The quantitative estimate of drug-likeness (QED) is 0.0262. The molecule has 0 N–H and O–H groups in total. The SMILES string of the molecule is CC/C=C\C/C=C\C/C=C\CCCCCCCC(=O)O[C@H](COC(=O)CCCCCCC/C=C\CCCCC)COC(=O)CCCCCCCCCCCCCCCCCCCC. The average molecular weight is 883 g/mol. The van der Waals surface area contributed by atoms with Crippen LogP contribution >= 0.6 is 0 Å². The molecule has 0 saturated carbocycles. The molecule has 0 radical (unpaired) electrons. The highest BCUT2D eigenvalue weighted by Gasteiger charge is 2.19. The van der Waals surface area contributed by atoms with Crippen molar-refractivity contribution in [2.75, 3.05) is 13.2 Å². The Morgan fingerprint density at radius 1 is 0.333 bits per heavy atom. The molecule has 0 aliphatic carbocycles. The van der Waals surface area contributed by atoms with E-state index in [9.17, 15) is 14.4 Å². The first-order chi connectivity index (χ1) is 31.0. The fourth-order valence-corrected chi connectivity index (χ4v) is 7.75. The van der Waals surface area contributed by atoms with Crippen molar-refractivity contribution in [3.05, 3.63) is 48.6 Å². The maximum atomic E-state index is 12.8. The third-order valence-electron chi connectivity index (χ3n) is 11.8. The summed E-state index contributed by atoms with van der Waals surface area (Å²) in [4.78, 5) is 38.0. The minimum Gasteiger partial charge on any atom is -0.462 e. The first-order valence-corrected chi connectivity index (χ1v) is 27.1. The van der Waals surface area contributed by atoms with E-state index in [0.717, 1.165) is 103 Å². The minimum atomic E-state index is -0.782. The smallest absolute Gasteiger partial charge is 0.306 e. The Kier molecular flexibility index (Phi) is 49.8. The molecule has 0 aliphatic heterocycles. The van der Waals surface area contributed by atoms with E-state index in [-0.39, 0.29) is 31.1 Å². The van der Waals surface area contributed by atoms with Crippen LogP contribution in [0.3, 0.4) is 0 Å². The van der Waals surface area contributed by atoms with Gasteiger partial charge in [-0.15, -0.1) is 0 Å². The highest BCUT2D eigenvalue weighted by molar-refractivity contribution is 5.71. The Morgan fingerprint density at radius 2 is 0.619 bits per heavy atom. The zero-order valence-electron chi connectivity index (χ0n) is 41.8. The number of carbonyl (C=O) groups is 3. The summed E-state index contributed by atoms with van der Waals surface area (Å²) >= 11 is 0. The number of ether oxygens (including phenoxy) is 3. The average Bonchev–Trinajstić information content (AvgIpc) is 3.28. The Labute approximate surface area is 390 Å². The molecule has 0 amide bonds. The second-order valence-electron chi connectivity index (χ2n) is 18.1. The van der Waals surface area contributed by atoms with E-state index in [4.69, 9.17) is 14.2 Å². The van der Waals surface area contributed by atoms with E-state index >= 15 is 0 Å². The van der Waals surface area contributed by atoms with Crippen LogP contribution < -0.4 is 0 Å². The van der Waals surface area contributed by atoms with Gasteiger partial charge in [-0.2, -0.15) is 0 Å². The number of hydrogen-bond acceptors (Lipinski definition) is 6. The normalized spacial score (nSPS) is 12.4. The molecule has 6 nitrogen and oxygen atoms in total. The van der Waals surface area contributed by atoms with Gasteiger partial charge in [0.2, 0.25) is 0 Å². The number of unbranched alkanes of at least 4 members (excludes halogenated alkanes) is 30. The number of rotatable bonds is 49. The van der Waals surface area contributed by atoms with E-state index in [2.05, 4.69) is 69.4 Å². The number of hydrogen-bond donors (Lipinski definition) is 0. The van der Waals surface area contributed by atoms with Crippen molar-refractivity contribution >= 4 is 17.9 Å². The van der Waals surface area contributed by atoms with Gasteiger partial charge < -0.3 is 14.2 Å². The fourth-order valence-electron chi connectivity index (χ4n) is 7.75. The summed E-state index contributed by atoms with van der Waals surface area (Å²) in [6.07, 6.45) is 62.4. The Morgan fingerprint density at radius 3 is 1.02 bits per heavy atom. The third-order valence-corrected chi connectivity index (χ3v) is 11.8. The van der Waals surface area contributed by atoms with Crippen molar-refractivity contribution in [2.24, 2.45) is 0 Å². The first-order valence-electron chi connectivity index (χ1n) is 27.1. The number of esters is 3. The summed E-state index contributed by atoms with van der Waals surface area (Å²) in [6, 6.07) is 0. The van der Waals surface area contributed by atoms with Crippen LogP contribution in [0.5, 0.6) is 0 Å². The standard InChI is InChI=1S/C57H102O6/c1-4-7-10-13-16-19-22-25-27-28-29-31-32-35-38-41-44-47-50-56(59)62-53-54(52-61-55(58)49-46-43-40-37-34-24-21-18-15-12-9-6-3)63-57(60)51-48-45-42-39-36-33-30-26-23-20-17-14-11-8-5-2/h8,11,17-18,20-21,26,30,54H,4-7,9-10,12-16,19,22-25,27-29,31-53H2,1-3H3/b11-8-,20-17-,21-18-,30-26-/t54-/m1/s1. The number of carbonyl (C=O) groups excluding carboxylic acids is 3. The van der Waals surface area contributed by atoms with Crippen molar-refractivity contribution < 1.29 is 28.6 Å². The summed E-state index contributed by atoms with van der Waals surface area (Å²) in [5, 5.41) is 0. The molecule has 0 aliphatic rings. The Bertz CT molecular complexity index is 1110. The van der Waals surface area contributed by atoms with E-state index in [1.54, 1.807) is 0 Å². The lowest BCUT2D eigenvalue weighted by Gasteiger charge is -2.18. The largest absolute Gasteiger partial charge is 0.462 e. The van der Waals surface area contributed by atoms with Crippen LogP contribution in [0.4, 0.5) is 0 Å². The van der Waals surface area contributed by atoms with E-state index in [0.29, 0.717) is 19.3 Å². The zero-order chi connectivity index (χ0) is 45.8. The van der Waals surface area contributed by atoms with Gasteiger partial charge in [-0.05, 0) is 77.0 Å². The molecule has 6 heteroatoms. The molecular weight excluding hydrogens is 781 g/mol. The maximum absolute atomic E-state index is 12.8. The molecule has 0 aromatic carbocycles. The van der Waals surface area contributed by atoms with Gasteiger partial charge in [0, 0.05) is 19.3 Å². The Balaban J connectivity index is 4.35. The van der Waals surface area contributed by atoms with Gasteiger partial charge in [-0.25, -0.2) is 0 Å². The van der Waals surface area contributed by atoms with Gasteiger partial charge in [0.25, 0.3) is 0 Å². The molecule has 0 rings (SSSR count). The monoisotopic (exact) mass is 883 g/mol. The van der Waals surface area contributed by atoms with Crippen LogP contribution in [0.1, 0.15) is 278 Å². The van der Waals surface area contributed by atoms with Gasteiger partial charge in [0.1, 0.15) is 13.2 Å². The summed E-state index contributed by atoms with van der Waals surface area (Å²) in [5.74, 6) is -0.896. The predicted octanol–water partition coefficient (Wildman–Crippen LogP) is 17.9. The summed E-state index contributed by atoms with van der Waals surface area (Å²) in [7, 11) is 0. The highest BCUT2D eigenvalue weighted by Crippen LogP contribution is 2.16. The fraction of sp³-hybridized carbons (Fsp3) is 0.807. The van der Waals surface area contributed by atoms with Gasteiger partial charge in [-0.3, -0.25) is 14.4 Å². The molecule has 0 aromatic rings. The molecule has 63 heavy (non-hydrogen) atoms. The van der Waals surface area contributed by atoms with Crippen LogP contribution in [0, 0.1) is 0 Å². The second-order valence-corrected chi connectivity index (χ2v) is 18.1. The topological polar surface area (TPSA) is 78.9 Å². The molecule has 0 saturated heterocycles. The molecule has 0 bridgehead atoms. The molecule has 0 heterocycles. The molecule has 1 atom stereocenters. The molecule has 0 spiro atoms. The molecular formula is C57H102O6. The van der Waals surface area contributed by atoms with Crippen molar-refractivity contribution in [2.45, 2.75) is 284 Å². The summed E-state index contributed by atoms with van der Waals surface area (Å²) in [5.41, 5.74) is 0. The van der Waals surface area contributed by atoms with E-state index in [1.807, 2.05) is 0 Å². The minimum absolute atomic E-state index is 0.0802. The highest BCUT2D eigenvalue weighted by atomic mass is 16.6. The van der Waals surface area contributed by atoms with E-state index < -0.39 is 6.10 Å². The zero-order valence-corrected chi connectivity index (χ0v) is 41.8. The molecule has 0 aromatic heterocycles. The lowest BCUT2D eigenvalue weighted by molar-refractivity contribution is -0.167. The van der Waals surface area contributed by atoms with Crippen molar-refractivity contribution in [1.29, 1.82) is 0 Å². The third kappa shape index (κ3) is 50.2. The summed E-state index contributed by atoms with van der Waals surface area (Å²) < 4.78 is 16.8. The van der Waals surface area contributed by atoms with Gasteiger partial charge in [0.05, 0.1) is 0 Å². The van der Waals surface area contributed by atoms with Crippen LogP contribution in [0.25, 0.3) is 0 Å². The maximum Gasteiger partial charge on any atom is 0.306 e. The van der Waals surface area contributed by atoms with Crippen LogP contribution in [0.15, 0.2) is 48.6 Å². The van der Waals surface area contributed by atoms with Crippen molar-refractivity contribution in [3.8, 4) is 0 Å².